The van der Waals surface area contributed by atoms with E-state index in [1.54, 1.807) is 0 Å². The first-order valence-electron chi connectivity index (χ1n) is 10.1. The summed E-state index contributed by atoms with van der Waals surface area (Å²) in [4.78, 5) is 2.32. The van der Waals surface area contributed by atoms with Gasteiger partial charge in [-0.15, -0.1) is 5.10 Å². The zero-order valence-corrected chi connectivity index (χ0v) is 16.6. The summed E-state index contributed by atoms with van der Waals surface area (Å²) in [6, 6.07) is 12.6. The Labute approximate surface area is 169 Å². The van der Waals surface area contributed by atoms with Gasteiger partial charge >= 0.3 is 0 Å². The van der Waals surface area contributed by atoms with Crippen molar-refractivity contribution < 1.29 is 4.39 Å². The quantitative estimate of drug-likeness (QED) is 0.599. The van der Waals surface area contributed by atoms with Crippen LogP contribution in [0.2, 0.25) is 5.02 Å². The standard InChI is InChI=1S/C22H24ClFN4/c23-21-19(7-8-20-22(21)25-26-28(20)14-16-1-2-16)17-5-3-15(4-6-17)13-27-11-9-18(24)10-12-27/h3-8,16,18H,1-2,9-14H2. The average Bonchev–Trinajstić information content (AvgIpc) is 3.43. The molecule has 3 aromatic rings. The van der Waals surface area contributed by atoms with Gasteiger partial charge in [-0.25, -0.2) is 9.07 Å². The van der Waals surface area contributed by atoms with Crippen LogP contribution in [0.5, 0.6) is 0 Å². The number of alkyl halides is 1. The SMILES string of the molecule is FC1CCN(Cc2ccc(-c3ccc4c(nnn4CC4CC4)c3Cl)cc2)CC1. The highest BCUT2D eigenvalue weighted by Crippen LogP contribution is 2.35. The molecule has 4 nitrogen and oxygen atoms in total. The van der Waals surface area contributed by atoms with Gasteiger partial charge in [-0.2, -0.15) is 0 Å². The normalized spacial score (nSPS) is 18.8. The van der Waals surface area contributed by atoms with E-state index in [1.165, 1.54) is 18.4 Å². The molecule has 0 radical (unpaired) electrons. The van der Waals surface area contributed by atoms with Crippen molar-refractivity contribution in [2.75, 3.05) is 13.1 Å². The predicted octanol–water partition coefficient (Wildman–Crippen LogP) is 5.10. The molecule has 1 saturated carbocycles. The molecule has 0 N–H and O–H groups in total. The minimum Gasteiger partial charge on any atom is -0.299 e. The molecule has 6 heteroatoms. The average molecular weight is 399 g/mol. The van der Waals surface area contributed by atoms with E-state index in [1.807, 2.05) is 4.68 Å². The summed E-state index contributed by atoms with van der Waals surface area (Å²) in [7, 11) is 0. The molecule has 0 spiro atoms. The lowest BCUT2D eigenvalue weighted by Gasteiger charge is -2.28. The number of hydrogen-bond acceptors (Lipinski definition) is 3. The molecule has 1 aliphatic heterocycles. The van der Waals surface area contributed by atoms with Crippen LogP contribution in [0.4, 0.5) is 4.39 Å². The first-order chi connectivity index (χ1) is 13.7. The van der Waals surface area contributed by atoms with Gasteiger partial charge in [0.15, 0.2) is 0 Å². The maximum Gasteiger partial charge on any atom is 0.132 e. The third kappa shape index (κ3) is 3.65. The highest BCUT2D eigenvalue weighted by atomic mass is 35.5. The lowest BCUT2D eigenvalue weighted by molar-refractivity contribution is 0.145. The lowest BCUT2D eigenvalue weighted by Crippen LogP contribution is -2.33. The van der Waals surface area contributed by atoms with E-state index in [-0.39, 0.29) is 0 Å². The van der Waals surface area contributed by atoms with Crippen LogP contribution in [0.25, 0.3) is 22.2 Å². The number of aromatic nitrogens is 3. The number of benzene rings is 2. The Kier molecular flexibility index (Phi) is 4.81. The smallest absolute Gasteiger partial charge is 0.132 e. The zero-order chi connectivity index (χ0) is 19.1. The van der Waals surface area contributed by atoms with Crippen LogP contribution in [0.3, 0.4) is 0 Å². The largest absolute Gasteiger partial charge is 0.299 e. The Hall–Kier alpha value is -1.98. The number of piperidine rings is 1. The summed E-state index contributed by atoms with van der Waals surface area (Å²) in [5.41, 5.74) is 5.09. The molecular formula is C22H24ClFN4. The Morgan fingerprint density at radius 1 is 1.00 bits per heavy atom. The van der Waals surface area contributed by atoms with Gasteiger partial charge in [0.05, 0.1) is 10.5 Å². The van der Waals surface area contributed by atoms with Gasteiger partial charge in [-0.1, -0.05) is 47.1 Å². The molecule has 0 unspecified atom stereocenters. The Bertz CT molecular complexity index is 972. The van der Waals surface area contributed by atoms with Crippen molar-refractivity contribution >= 4 is 22.6 Å². The number of likely N-dealkylation sites (tertiary alicyclic amines) is 1. The van der Waals surface area contributed by atoms with E-state index < -0.39 is 6.17 Å². The number of rotatable bonds is 5. The molecule has 0 bridgehead atoms. The zero-order valence-electron chi connectivity index (χ0n) is 15.8. The molecule has 2 aliphatic rings. The van der Waals surface area contributed by atoms with Crippen molar-refractivity contribution in [3.63, 3.8) is 0 Å². The fraction of sp³-hybridized carbons (Fsp3) is 0.455. The Balaban J connectivity index is 1.35. The van der Waals surface area contributed by atoms with Gasteiger partial charge in [0.2, 0.25) is 0 Å². The van der Waals surface area contributed by atoms with E-state index >= 15 is 0 Å². The van der Waals surface area contributed by atoms with E-state index in [9.17, 15) is 4.39 Å². The molecule has 1 aromatic heterocycles. The van der Waals surface area contributed by atoms with Crippen LogP contribution in [0, 0.1) is 5.92 Å². The fourth-order valence-electron chi connectivity index (χ4n) is 4.01. The fourth-order valence-corrected chi connectivity index (χ4v) is 4.32. The van der Waals surface area contributed by atoms with Crippen molar-refractivity contribution in [1.29, 1.82) is 0 Å². The number of nitrogens with zero attached hydrogens (tertiary/aromatic N) is 4. The van der Waals surface area contributed by atoms with Crippen molar-refractivity contribution in [3.05, 3.63) is 47.0 Å². The Morgan fingerprint density at radius 3 is 2.46 bits per heavy atom. The van der Waals surface area contributed by atoms with Gasteiger partial charge in [0, 0.05) is 31.7 Å². The first kappa shape index (κ1) is 18.1. The van der Waals surface area contributed by atoms with Gasteiger partial charge in [-0.3, -0.25) is 4.90 Å². The highest BCUT2D eigenvalue weighted by molar-refractivity contribution is 6.37. The minimum absolute atomic E-state index is 0.627. The van der Waals surface area contributed by atoms with Gasteiger partial charge < -0.3 is 0 Å². The Morgan fingerprint density at radius 2 is 1.75 bits per heavy atom. The maximum atomic E-state index is 13.3. The van der Waals surface area contributed by atoms with Crippen LogP contribution >= 0.6 is 11.6 Å². The van der Waals surface area contributed by atoms with Crippen LogP contribution in [-0.2, 0) is 13.1 Å². The monoisotopic (exact) mass is 398 g/mol. The lowest BCUT2D eigenvalue weighted by atomic mass is 10.0. The van der Waals surface area contributed by atoms with Crippen molar-refractivity contribution in [2.45, 2.75) is 44.9 Å². The summed E-state index contributed by atoms with van der Waals surface area (Å²) in [6.45, 7) is 3.47. The van der Waals surface area contributed by atoms with E-state index in [0.717, 1.165) is 54.3 Å². The topological polar surface area (TPSA) is 34.0 Å². The van der Waals surface area contributed by atoms with Crippen molar-refractivity contribution in [2.24, 2.45) is 5.92 Å². The third-order valence-electron chi connectivity index (χ3n) is 5.94. The van der Waals surface area contributed by atoms with Gasteiger partial charge in [0.1, 0.15) is 11.7 Å². The molecule has 5 rings (SSSR count). The molecule has 146 valence electrons. The van der Waals surface area contributed by atoms with E-state index in [2.05, 4.69) is 51.6 Å². The third-order valence-corrected chi connectivity index (χ3v) is 6.32. The summed E-state index contributed by atoms with van der Waals surface area (Å²) in [5.74, 6) is 0.742. The predicted molar refractivity (Wildman–Crippen MR) is 110 cm³/mol. The second-order valence-corrected chi connectivity index (χ2v) is 8.54. The van der Waals surface area contributed by atoms with Crippen LogP contribution in [0.1, 0.15) is 31.2 Å². The van der Waals surface area contributed by atoms with E-state index in [4.69, 9.17) is 11.6 Å². The summed E-state index contributed by atoms with van der Waals surface area (Å²) in [5, 5.41) is 9.30. The second kappa shape index (κ2) is 7.45. The van der Waals surface area contributed by atoms with Crippen molar-refractivity contribution in [3.8, 4) is 11.1 Å². The molecule has 1 aliphatic carbocycles. The molecule has 2 fully saturated rings. The molecule has 0 amide bonds. The van der Waals surface area contributed by atoms with Crippen LogP contribution < -0.4 is 0 Å². The van der Waals surface area contributed by atoms with Gasteiger partial charge in [0.25, 0.3) is 0 Å². The summed E-state index contributed by atoms with van der Waals surface area (Å²) >= 11 is 6.69. The van der Waals surface area contributed by atoms with E-state index in [0.29, 0.717) is 17.9 Å². The molecule has 2 aromatic carbocycles. The number of hydrogen-bond donors (Lipinski definition) is 0. The summed E-state index contributed by atoms with van der Waals surface area (Å²) < 4.78 is 15.3. The summed E-state index contributed by atoms with van der Waals surface area (Å²) in [6.07, 6.45) is 3.24. The molecule has 28 heavy (non-hydrogen) atoms. The number of halogens is 2. The van der Waals surface area contributed by atoms with Gasteiger partial charge in [-0.05, 0) is 48.8 Å². The molecule has 1 saturated heterocycles. The van der Waals surface area contributed by atoms with Crippen molar-refractivity contribution in [1.82, 2.24) is 19.9 Å². The molecular weight excluding hydrogens is 375 g/mol. The maximum absolute atomic E-state index is 13.3. The molecule has 0 atom stereocenters. The first-order valence-corrected chi connectivity index (χ1v) is 10.5. The second-order valence-electron chi connectivity index (χ2n) is 8.16. The minimum atomic E-state index is -0.627. The number of fused-ring (bicyclic) bond motifs is 1. The molecule has 2 heterocycles. The van der Waals surface area contributed by atoms with Crippen LogP contribution in [-0.4, -0.2) is 39.2 Å². The highest BCUT2D eigenvalue weighted by Gasteiger charge is 2.24. The van der Waals surface area contributed by atoms with Crippen LogP contribution in [0.15, 0.2) is 36.4 Å².